The molecule has 5 aliphatic heterocycles. The lowest BCUT2D eigenvalue weighted by Gasteiger charge is -2.38. The number of benzene rings is 2. The van der Waals surface area contributed by atoms with Gasteiger partial charge in [-0.05, 0) is 80.8 Å². The van der Waals surface area contributed by atoms with Crippen molar-refractivity contribution in [2.45, 2.75) is 136 Å². The summed E-state index contributed by atoms with van der Waals surface area (Å²) in [5, 5.41) is 26.7. The summed E-state index contributed by atoms with van der Waals surface area (Å²) in [6.45, 7) is 10.8. The number of aliphatic hydroxyl groups is 1. The van der Waals surface area contributed by atoms with E-state index in [1.54, 1.807) is 55.7 Å². The normalized spacial score (nSPS) is 16.0. The molecule has 38 heteroatoms. The van der Waals surface area contributed by atoms with Crippen molar-refractivity contribution in [2.24, 2.45) is 0 Å². The van der Waals surface area contributed by atoms with Crippen LogP contribution < -0.4 is 22.2 Å². The van der Waals surface area contributed by atoms with Crippen LogP contribution in [-0.4, -0.2) is 165 Å². The highest BCUT2D eigenvalue weighted by Crippen LogP contribution is 2.60. The first-order chi connectivity index (χ1) is 49.4. The quantitative estimate of drug-likeness (QED) is 0.0362. The van der Waals surface area contributed by atoms with Gasteiger partial charge >= 0.3 is 0 Å². The lowest BCUT2D eigenvalue weighted by molar-refractivity contribution is -0.0668. The lowest BCUT2D eigenvalue weighted by Crippen LogP contribution is -2.51. The zero-order valence-electron chi connectivity index (χ0n) is 56.2. The maximum atomic E-state index is 13.0. The van der Waals surface area contributed by atoms with Crippen molar-refractivity contribution in [3.63, 3.8) is 0 Å². The molecule has 103 heavy (non-hydrogen) atoms. The topological polar surface area (TPSA) is 348 Å². The Labute approximate surface area is 619 Å². The fourth-order valence-electron chi connectivity index (χ4n) is 11.3. The molecule has 4 fully saturated rings. The molecule has 3 unspecified atom stereocenters. The number of ether oxygens (including phenoxy) is 6. The van der Waals surface area contributed by atoms with Gasteiger partial charge in [-0.3, -0.25) is 24.1 Å². The highest BCUT2D eigenvalue weighted by Gasteiger charge is 2.30. The van der Waals surface area contributed by atoms with Gasteiger partial charge in [-0.15, -0.1) is 43.5 Å². The summed E-state index contributed by atoms with van der Waals surface area (Å²) in [7, 11) is 15.3. The number of rotatable bonds is 15. The molecule has 5 N–H and O–H groups in total. The van der Waals surface area contributed by atoms with E-state index in [1.807, 2.05) is 36.4 Å². The fourth-order valence-corrected chi connectivity index (χ4v) is 11.5. The second-order valence-electron chi connectivity index (χ2n) is 23.1. The number of likely N-dealkylation sites (tertiary alicyclic amines) is 1. The van der Waals surface area contributed by atoms with Crippen molar-refractivity contribution in [1.82, 2.24) is 83.2 Å². The van der Waals surface area contributed by atoms with Gasteiger partial charge in [0.05, 0.1) is 69.7 Å². The molecule has 0 spiro atoms. The minimum absolute atomic E-state index is 0. The molecule has 2 aromatic carbocycles. The second kappa shape index (κ2) is 42.9. The number of aromatic amines is 4. The van der Waals surface area contributed by atoms with Crippen molar-refractivity contribution in [3.05, 3.63) is 190 Å². The summed E-state index contributed by atoms with van der Waals surface area (Å²) < 4.78 is 67.7. The van der Waals surface area contributed by atoms with Crippen LogP contribution in [0.25, 0.3) is 27.6 Å². The summed E-state index contributed by atoms with van der Waals surface area (Å²) in [6.07, 6.45) is 14.4. The van der Waals surface area contributed by atoms with Gasteiger partial charge in [-0.1, -0.05) is 77.2 Å². The molecule has 8 aromatic heterocycles. The van der Waals surface area contributed by atoms with Crippen LogP contribution in [0.5, 0.6) is 0 Å². The zero-order chi connectivity index (χ0) is 72.5. The van der Waals surface area contributed by atoms with Gasteiger partial charge in [0.1, 0.15) is 48.2 Å². The van der Waals surface area contributed by atoms with Crippen LogP contribution in [0.3, 0.4) is 0 Å². The highest BCUT2D eigenvalue weighted by molar-refractivity contribution is 8.65. The Morgan fingerprint density at radius 1 is 0.612 bits per heavy atom. The maximum Gasteiger partial charge on any atom is 0.277 e. The van der Waals surface area contributed by atoms with E-state index in [2.05, 4.69) is 113 Å². The van der Waals surface area contributed by atoms with E-state index in [0.29, 0.717) is 118 Å². The average molecular weight is 1580 g/mol. The molecule has 0 saturated carbocycles. The Morgan fingerprint density at radius 3 is 1.50 bits per heavy atom. The van der Waals surface area contributed by atoms with Gasteiger partial charge in [0.25, 0.3) is 22.2 Å². The SMILES string of the molecule is C.C.O=S(Cl)Cl.O=c1[nH]c(CCl)nn2c(C3CCOCC3)ncc12.O=c1[nH]c(CN2CC(OCc3ccc(F)cc3)C2)nn2c(C3CCOCC3)ncc12.O=c1[nH]c(CO)nn2c(C3CCOCC3)ncc12.O=c1[nH]c(COCc2ccccc2)nn2c(C3=CCOCC3)ncc12.PP(P)P.[2H]CC. The number of fused-ring (bicyclic) bond motifs is 4. The van der Waals surface area contributed by atoms with Crippen LogP contribution in [0.1, 0.15) is 150 Å². The summed E-state index contributed by atoms with van der Waals surface area (Å²) in [6, 6.07) is 16.2. The fraction of sp³-hybridized carbons (Fsp3) is 0.477. The highest BCUT2D eigenvalue weighted by atomic mass is 36.0. The Hall–Kier alpha value is -6.07. The zero-order valence-corrected chi connectivity index (χ0v) is 62.7. The summed E-state index contributed by atoms with van der Waals surface area (Å²) in [5.41, 5.74) is 3.97. The van der Waals surface area contributed by atoms with Crippen molar-refractivity contribution < 1.29 is 43.5 Å². The van der Waals surface area contributed by atoms with Gasteiger partial charge < -0.3 is 53.5 Å². The number of nitrogens with zero attached hydrogens (tertiary/aromatic N) is 13. The smallest absolute Gasteiger partial charge is 0.277 e. The number of hydrogen-bond acceptors (Lipinski definition) is 21. The number of alkyl halides is 1. The standard InChI is InChI=1S/C21H24FN5O3.C18H18N4O3.C11H13ClN4O2.C11H14N4O3.C2H6.2CH4.Cl2OS.H6P4/c22-16-3-1-14(2-4-16)13-30-17-10-26(11-17)12-19-24-21(28)18-9-23-20(27(18)25-19)15-5-7-29-8-6-15;23-18-15-10-19-17(14-6-8-24-9-7-14)22(15)21-16(20-18)12-25-11-13-4-2-1-3-5-13;12-5-9-14-11(17)8-6-13-10(16(8)15-9)7-1-3-18-4-2-7;16-6-9-13-11(17)8-5-12-10(15(8)14-9)7-1-3-18-4-2-7;1-2;;;2*1-4(2)3/h1-4,9,15,17H,5-8,10-13H2,(H,24,25,28);1-6,10H,7-9,11-12H2,(H,20,21,23);6-7H,1-5H2,(H,14,15,17);5,7,16H,1-4,6H2,(H,13,14,17);1-2H3;2*1H4;;1-3H2/i;;;;1D;;;;. The monoisotopic (exact) mass is 1580 g/mol. The lowest BCUT2D eigenvalue weighted by atomic mass is 10.00. The number of H-pyrrole nitrogens is 4. The van der Waals surface area contributed by atoms with Gasteiger partial charge in [-0.2, -0.15) is 15.3 Å². The molecule has 3 atom stereocenters. The molecular weight excluding hydrogens is 1490 g/mol. The third-order valence-electron chi connectivity index (χ3n) is 16.2. The Bertz CT molecular complexity index is 4470. The third kappa shape index (κ3) is 24.2. The van der Waals surface area contributed by atoms with E-state index in [4.69, 9.17) is 50.7 Å². The molecule has 15 rings (SSSR count). The Balaban J connectivity index is 0.000000187. The number of nitrogens with one attached hydrogen (secondary N) is 4. The molecule has 560 valence electrons. The number of imidazole rings is 4. The summed E-state index contributed by atoms with van der Waals surface area (Å²) in [5.74, 6) is 5.66. The molecule has 4 saturated heterocycles. The summed E-state index contributed by atoms with van der Waals surface area (Å²) in [4.78, 5) is 78.7. The van der Waals surface area contributed by atoms with Crippen LogP contribution >= 0.6 is 66.7 Å². The van der Waals surface area contributed by atoms with Crippen LogP contribution in [0, 0.1) is 5.82 Å². The van der Waals surface area contributed by atoms with Gasteiger partial charge in [0.15, 0.2) is 39.5 Å². The van der Waals surface area contributed by atoms with E-state index < -0.39 is 9.23 Å². The van der Waals surface area contributed by atoms with Gasteiger partial charge in [0.2, 0.25) is 9.23 Å². The van der Waals surface area contributed by atoms with Crippen molar-refractivity contribution in [1.29, 1.82) is 0 Å². The van der Waals surface area contributed by atoms with Crippen LogP contribution in [0.15, 0.2) is 105 Å². The van der Waals surface area contributed by atoms with Crippen molar-refractivity contribution in [3.8, 4) is 0 Å². The molecule has 0 radical (unpaired) electrons. The Kier molecular flexibility index (Phi) is 34.4. The molecule has 5 aliphatic rings. The number of hydrogen-bond donors (Lipinski definition) is 5. The van der Waals surface area contributed by atoms with Crippen LogP contribution in [-0.2, 0) is 76.5 Å². The van der Waals surface area contributed by atoms with E-state index in [-0.39, 0.29) is 92.8 Å². The van der Waals surface area contributed by atoms with Crippen molar-refractivity contribution >= 4 is 104 Å². The minimum atomic E-state index is -1.67. The minimum Gasteiger partial charge on any atom is -0.388 e. The first-order valence-electron chi connectivity index (χ1n) is 33.0. The van der Waals surface area contributed by atoms with Crippen LogP contribution in [0.2, 0.25) is 0 Å². The van der Waals surface area contributed by atoms with Gasteiger partial charge in [-0.25, -0.2) is 46.6 Å². The second-order valence-corrected chi connectivity index (χ2v) is 37.5. The largest absolute Gasteiger partial charge is 0.388 e. The molecule has 10 aromatic rings. The first kappa shape index (κ1) is 82.6. The number of aromatic nitrogens is 16. The Morgan fingerprint density at radius 2 is 1.03 bits per heavy atom. The molecule has 0 bridgehead atoms. The maximum absolute atomic E-state index is 13.0. The molecule has 0 amide bonds. The molecule has 29 nitrogen and oxygen atoms in total. The average Bonchev–Trinajstić information content (AvgIpc) is 1.65. The van der Waals surface area contributed by atoms with Crippen LogP contribution in [0.4, 0.5) is 4.39 Å². The van der Waals surface area contributed by atoms with E-state index in [1.165, 1.54) is 18.3 Å². The predicted molar refractivity (Wildman–Crippen MR) is 408 cm³/mol. The van der Waals surface area contributed by atoms with Gasteiger partial charge in [0, 0.05) is 93.2 Å². The number of halogens is 4. The predicted octanol–water partition coefficient (Wildman–Crippen LogP) is 9.82. The number of aliphatic hydroxyl groups excluding tert-OH is 1. The molecular formula is C65H89Cl3FN17O12P4S. The first-order valence-corrected chi connectivity index (χ1v) is 41.8. The van der Waals surface area contributed by atoms with E-state index >= 15 is 0 Å². The van der Waals surface area contributed by atoms with E-state index in [0.717, 1.165) is 105 Å². The third-order valence-corrected chi connectivity index (χ3v) is 16.5. The summed E-state index contributed by atoms with van der Waals surface area (Å²) >= 11 is 5.72. The van der Waals surface area contributed by atoms with E-state index in [9.17, 15) is 23.6 Å². The molecule has 13 heterocycles. The van der Waals surface area contributed by atoms with Crippen molar-refractivity contribution in [2.75, 3.05) is 65.9 Å². The molecule has 0 aliphatic carbocycles.